The minimum absolute atomic E-state index is 0.0115. The number of carbonyl (C=O) groups excluding carboxylic acids is 1. The molecule has 1 aromatic heterocycles. The molecule has 0 saturated heterocycles. The van der Waals surface area contributed by atoms with Crippen LogP contribution in [0.3, 0.4) is 0 Å². The Kier molecular flexibility index (Phi) is 6.31. The fourth-order valence-electron chi connectivity index (χ4n) is 2.80. The highest BCUT2D eigenvalue weighted by molar-refractivity contribution is 7.92. The van der Waals surface area contributed by atoms with Crippen LogP contribution in [0.2, 0.25) is 0 Å². The molecule has 0 saturated carbocycles. The molecular weight excluding hydrogens is 404 g/mol. The second-order valence-electron chi connectivity index (χ2n) is 6.49. The molecule has 0 atom stereocenters. The number of carbonyl (C=O) groups is 1. The van der Waals surface area contributed by atoms with Gasteiger partial charge in [0.05, 0.1) is 17.1 Å². The van der Waals surface area contributed by atoms with Gasteiger partial charge in [-0.1, -0.05) is 12.1 Å². The topological polar surface area (TPSA) is 110 Å². The molecule has 0 fully saturated rings. The Morgan fingerprint density at radius 2 is 1.63 bits per heavy atom. The lowest BCUT2D eigenvalue weighted by Gasteiger charge is -2.11. The molecule has 0 aliphatic rings. The Morgan fingerprint density at radius 1 is 1.00 bits per heavy atom. The van der Waals surface area contributed by atoms with Gasteiger partial charge < -0.3 is 10.1 Å². The largest absolute Gasteiger partial charge is 0.493 e. The summed E-state index contributed by atoms with van der Waals surface area (Å²) in [5.74, 6) is 0.142. The third-order valence-electron chi connectivity index (χ3n) is 4.06. The molecule has 0 unspecified atom stereocenters. The third-order valence-corrected chi connectivity index (χ3v) is 5.41. The van der Waals surface area contributed by atoms with Gasteiger partial charge in [0.2, 0.25) is 5.95 Å². The molecule has 0 aliphatic carbocycles. The zero-order valence-corrected chi connectivity index (χ0v) is 17.7. The Hall–Kier alpha value is -3.46. The van der Waals surface area contributed by atoms with E-state index in [0.29, 0.717) is 35.0 Å². The minimum Gasteiger partial charge on any atom is -0.493 e. The lowest BCUT2D eigenvalue weighted by molar-refractivity contribution is 0.102. The molecule has 156 valence electrons. The summed E-state index contributed by atoms with van der Waals surface area (Å²) in [6.45, 7) is 5.79. The van der Waals surface area contributed by atoms with Crippen molar-refractivity contribution in [3.63, 3.8) is 0 Å². The maximum atomic E-state index is 12.6. The van der Waals surface area contributed by atoms with Gasteiger partial charge in [-0.15, -0.1) is 0 Å². The quantitative estimate of drug-likeness (QED) is 0.598. The van der Waals surface area contributed by atoms with Crippen molar-refractivity contribution < 1.29 is 17.9 Å². The number of ether oxygens (including phenoxy) is 1. The lowest BCUT2D eigenvalue weighted by Crippen LogP contribution is -2.16. The van der Waals surface area contributed by atoms with E-state index in [1.807, 2.05) is 6.92 Å². The van der Waals surface area contributed by atoms with Gasteiger partial charge >= 0.3 is 0 Å². The van der Waals surface area contributed by atoms with Crippen LogP contribution in [-0.2, 0) is 10.0 Å². The van der Waals surface area contributed by atoms with E-state index in [4.69, 9.17) is 4.74 Å². The molecule has 1 heterocycles. The van der Waals surface area contributed by atoms with E-state index in [0.717, 1.165) is 0 Å². The monoisotopic (exact) mass is 426 g/mol. The van der Waals surface area contributed by atoms with E-state index in [-0.39, 0.29) is 16.8 Å². The first-order valence-corrected chi connectivity index (χ1v) is 10.7. The van der Waals surface area contributed by atoms with Crippen molar-refractivity contribution in [1.82, 2.24) is 9.97 Å². The van der Waals surface area contributed by atoms with Crippen LogP contribution in [0.1, 0.15) is 28.7 Å². The molecule has 0 radical (unpaired) electrons. The van der Waals surface area contributed by atoms with Gasteiger partial charge in [0, 0.05) is 17.1 Å². The molecule has 3 rings (SSSR count). The van der Waals surface area contributed by atoms with Gasteiger partial charge in [0.1, 0.15) is 5.75 Å². The number of hydrogen-bond acceptors (Lipinski definition) is 6. The number of para-hydroxylation sites is 1. The number of amides is 1. The molecule has 1 amide bonds. The third kappa shape index (κ3) is 5.12. The molecule has 0 bridgehead atoms. The van der Waals surface area contributed by atoms with Gasteiger partial charge in [-0.25, -0.2) is 23.1 Å². The summed E-state index contributed by atoms with van der Waals surface area (Å²) in [4.78, 5) is 20.8. The molecule has 9 heteroatoms. The fraction of sp³-hybridized carbons (Fsp3) is 0.190. The number of aromatic nitrogens is 2. The maximum absolute atomic E-state index is 12.6. The fourth-order valence-corrected chi connectivity index (χ4v) is 3.75. The Labute approximate surface area is 175 Å². The second-order valence-corrected chi connectivity index (χ2v) is 8.17. The molecular formula is C21H22N4O4S. The van der Waals surface area contributed by atoms with E-state index in [2.05, 4.69) is 20.0 Å². The lowest BCUT2D eigenvalue weighted by atomic mass is 10.2. The summed E-state index contributed by atoms with van der Waals surface area (Å²) >= 11 is 0. The van der Waals surface area contributed by atoms with Crippen LogP contribution >= 0.6 is 0 Å². The highest BCUT2D eigenvalue weighted by atomic mass is 32.2. The first-order chi connectivity index (χ1) is 14.3. The number of sulfonamides is 1. The second kappa shape index (κ2) is 8.91. The van der Waals surface area contributed by atoms with E-state index in [1.54, 1.807) is 44.2 Å². The van der Waals surface area contributed by atoms with Crippen molar-refractivity contribution in [1.29, 1.82) is 0 Å². The molecule has 2 aromatic carbocycles. The average Bonchev–Trinajstić information content (AvgIpc) is 2.68. The standard InChI is InChI=1S/C21H22N4O4S/c1-4-29-19-8-6-5-7-18(19)20(26)24-16-9-11-17(12-10-16)30(27,28)25-21-22-14(2)13-15(3)23-21/h5-13H,4H2,1-3H3,(H,24,26)(H,22,23,25). The van der Waals surface area contributed by atoms with E-state index in [9.17, 15) is 13.2 Å². The van der Waals surface area contributed by atoms with Crippen LogP contribution in [0.15, 0.2) is 59.5 Å². The predicted molar refractivity (Wildman–Crippen MR) is 114 cm³/mol. The zero-order chi connectivity index (χ0) is 21.7. The molecule has 30 heavy (non-hydrogen) atoms. The van der Waals surface area contributed by atoms with Crippen LogP contribution in [0.5, 0.6) is 5.75 Å². The van der Waals surface area contributed by atoms with Gasteiger partial charge in [-0.05, 0) is 63.2 Å². The number of nitrogens with one attached hydrogen (secondary N) is 2. The van der Waals surface area contributed by atoms with Crippen molar-refractivity contribution in [2.24, 2.45) is 0 Å². The number of rotatable bonds is 7. The summed E-state index contributed by atoms with van der Waals surface area (Å²) in [7, 11) is -3.87. The Balaban J connectivity index is 1.75. The summed E-state index contributed by atoms with van der Waals surface area (Å²) in [6, 6.07) is 14.5. The van der Waals surface area contributed by atoms with E-state index in [1.165, 1.54) is 24.3 Å². The van der Waals surface area contributed by atoms with Crippen LogP contribution in [0.4, 0.5) is 11.6 Å². The molecule has 8 nitrogen and oxygen atoms in total. The Bertz CT molecular complexity index is 1140. The zero-order valence-electron chi connectivity index (χ0n) is 16.8. The van der Waals surface area contributed by atoms with E-state index < -0.39 is 10.0 Å². The van der Waals surface area contributed by atoms with Crippen molar-refractivity contribution in [2.75, 3.05) is 16.6 Å². The van der Waals surface area contributed by atoms with Crippen molar-refractivity contribution >= 4 is 27.6 Å². The normalized spacial score (nSPS) is 11.0. The molecule has 3 aromatic rings. The maximum Gasteiger partial charge on any atom is 0.264 e. The van der Waals surface area contributed by atoms with Crippen LogP contribution in [0.25, 0.3) is 0 Å². The molecule has 2 N–H and O–H groups in total. The minimum atomic E-state index is -3.87. The van der Waals surface area contributed by atoms with Crippen LogP contribution in [-0.4, -0.2) is 30.9 Å². The highest BCUT2D eigenvalue weighted by Gasteiger charge is 2.17. The molecule has 0 spiro atoms. The number of nitrogens with zero attached hydrogens (tertiary/aromatic N) is 2. The first-order valence-electron chi connectivity index (χ1n) is 9.27. The smallest absolute Gasteiger partial charge is 0.264 e. The van der Waals surface area contributed by atoms with Crippen LogP contribution in [0, 0.1) is 13.8 Å². The van der Waals surface area contributed by atoms with Gasteiger partial charge in [0.25, 0.3) is 15.9 Å². The number of benzene rings is 2. The molecule has 0 aliphatic heterocycles. The summed E-state index contributed by atoms with van der Waals surface area (Å²) in [5, 5.41) is 2.74. The summed E-state index contributed by atoms with van der Waals surface area (Å²) in [5.41, 5.74) is 2.16. The van der Waals surface area contributed by atoms with E-state index >= 15 is 0 Å². The van der Waals surface area contributed by atoms with Crippen molar-refractivity contribution in [2.45, 2.75) is 25.7 Å². The first kappa shape index (κ1) is 21.3. The van der Waals surface area contributed by atoms with Gasteiger partial charge in [-0.2, -0.15) is 0 Å². The highest BCUT2D eigenvalue weighted by Crippen LogP contribution is 2.21. The van der Waals surface area contributed by atoms with Gasteiger partial charge in [0.15, 0.2) is 0 Å². The average molecular weight is 426 g/mol. The number of hydrogen-bond donors (Lipinski definition) is 2. The van der Waals surface area contributed by atoms with Gasteiger partial charge in [-0.3, -0.25) is 4.79 Å². The van der Waals surface area contributed by atoms with Crippen LogP contribution < -0.4 is 14.8 Å². The summed E-state index contributed by atoms with van der Waals surface area (Å²) in [6.07, 6.45) is 0. The predicted octanol–water partition coefficient (Wildman–Crippen LogP) is 3.55. The SMILES string of the molecule is CCOc1ccccc1C(=O)Nc1ccc(S(=O)(=O)Nc2nc(C)cc(C)n2)cc1. The van der Waals surface area contributed by atoms with Crippen molar-refractivity contribution in [3.8, 4) is 5.75 Å². The van der Waals surface area contributed by atoms with Crippen molar-refractivity contribution in [3.05, 3.63) is 71.5 Å². The summed E-state index contributed by atoms with van der Waals surface area (Å²) < 4.78 is 33.0. The number of anilines is 2. The number of aryl methyl sites for hydroxylation is 2. The Morgan fingerprint density at radius 3 is 2.27 bits per heavy atom.